The molecule has 1 atom stereocenters. The van der Waals surface area contributed by atoms with E-state index in [1.807, 2.05) is 13.8 Å². The summed E-state index contributed by atoms with van der Waals surface area (Å²) < 4.78 is 5.38. The first kappa shape index (κ1) is 12.9. The van der Waals surface area contributed by atoms with Crippen molar-refractivity contribution in [2.24, 2.45) is 0 Å². The highest BCUT2D eigenvalue weighted by atomic mass is 16.5. The predicted octanol–water partition coefficient (Wildman–Crippen LogP) is 0.0676. The molecular formula is C11H24N2O2. The quantitative estimate of drug-likeness (QED) is 0.682. The molecule has 1 aliphatic rings. The minimum Gasteiger partial charge on any atom is -0.389 e. The Bertz CT molecular complexity index is 157. The van der Waals surface area contributed by atoms with Gasteiger partial charge in [-0.25, -0.2) is 0 Å². The van der Waals surface area contributed by atoms with Crippen LogP contribution >= 0.6 is 0 Å². The van der Waals surface area contributed by atoms with Gasteiger partial charge in [0, 0.05) is 19.6 Å². The molecule has 2 N–H and O–H groups in total. The fraction of sp³-hybridized carbons (Fsp3) is 1.00. The molecular weight excluding hydrogens is 192 g/mol. The van der Waals surface area contributed by atoms with Crippen LogP contribution < -0.4 is 5.32 Å². The smallest absolute Gasteiger partial charge is 0.0900 e. The largest absolute Gasteiger partial charge is 0.389 e. The molecule has 0 saturated carbocycles. The number of aliphatic hydroxyl groups is 1. The van der Waals surface area contributed by atoms with Gasteiger partial charge < -0.3 is 15.2 Å². The molecule has 0 bridgehead atoms. The Balaban J connectivity index is 2.14. The van der Waals surface area contributed by atoms with Crippen LogP contribution in [0.4, 0.5) is 0 Å². The van der Waals surface area contributed by atoms with E-state index in [9.17, 15) is 5.11 Å². The van der Waals surface area contributed by atoms with E-state index in [4.69, 9.17) is 4.74 Å². The van der Waals surface area contributed by atoms with Crippen LogP contribution in [0.1, 0.15) is 20.3 Å². The van der Waals surface area contributed by atoms with Gasteiger partial charge in [-0.2, -0.15) is 0 Å². The van der Waals surface area contributed by atoms with Crippen LogP contribution in [0.3, 0.4) is 0 Å². The molecule has 0 radical (unpaired) electrons. The number of β-amino-alcohol motifs (C(OH)–C–C–N with tert-alkyl or cyclic N) is 1. The highest BCUT2D eigenvalue weighted by Crippen LogP contribution is 1.99. The van der Waals surface area contributed by atoms with Crippen molar-refractivity contribution in [3.63, 3.8) is 0 Å². The summed E-state index contributed by atoms with van der Waals surface area (Å²) in [7, 11) is 0. The third-order valence-electron chi connectivity index (χ3n) is 2.52. The molecule has 1 rings (SSSR count). The Kier molecular flexibility index (Phi) is 6.17. The molecule has 4 nitrogen and oxygen atoms in total. The zero-order valence-electron chi connectivity index (χ0n) is 9.91. The molecule has 0 aromatic rings. The van der Waals surface area contributed by atoms with Gasteiger partial charge in [-0.05, 0) is 33.4 Å². The van der Waals surface area contributed by atoms with Gasteiger partial charge in [0.15, 0.2) is 0 Å². The molecule has 1 unspecified atom stereocenters. The highest BCUT2D eigenvalue weighted by molar-refractivity contribution is 4.69. The van der Waals surface area contributed by atoms with Crippen LogP contribution in [0.5, 0.6) is 0 Å². The molecule has 90 valence electrons. The fourth-order valence-electron chi connectivity index (χ4n) is 1.74. The van der Waals surface area contributed by atoms with Crippen molar-refractivity contribution < 1.29 is 9.84 Å². The lowest BCUT2D eigenvalue weighted by Gasteiger charge is -2.23. The summed E-state index contributed by atoms with van der Waals surface area (Å²) in [5.41, 5.74) is 0. The minimum atomic E-state index is -0.356. The summed E-state index contributed by atoms with van der Waals surface area (Å²) in [5, 5.41) is 13.1. The fourth-order valence-corrected chi connectivity index (χ4v) is 1.74. The third-order valence-corrected chi connectivity index (χ3v) is 2.52. The van der Waals surface area contributed by atoms with Gasteiger partial charge in [-0.3, -0.25) is 4.90 Å². The van der Waals surface area contributed by atoms with Gasteiger partial charge in [0.2, 0.25) is 0 Å². The second kappa shape index (κ2) is 7.17. The van der Waals surface area contributed by atoms with E-state index in [-0.39, 0.29) is 12.2 Å². The number of aliphatic hydroxyl groups excluding tert-OH is 1. The average molecular weight is 216 g/mol. The van der Waals surface area contributed by atoms with Crippen LogP contribution in [0, 0.1) is 0 Å². The van der Waals surface area contributed by atoms with Crippen LogP contribution in [0.15, 0.2) is 0 Å². The lowest BCUT2D eigenvalue weighted by Crippen LogP contribution is -2.37. The maximum absolute atomic E-state index is 9.76. The summed E-state index contributed by atoms with van der Waals surface area (Å²) in [5.74, 6) is 0. The lowest BCUT2D eigenvalue weighted by molar-refractivity contribution is -0.00771. The first-order chi connectivity index (χ1) is 7.18. The highest BCUT2D eigenvalue weighted by Gasteiger charge is 2.13. The molecule has 0 amide bonds. The summed E-state index contributed by atoms with van der Waals surface area (Å²) in [6.07, 6.45) is 1.01. The Morgan fingerprint density at radius 1 is 1.33 bits per heavy atom. The molecule has 0 aromatic carbocycles. The van der Waals surface area contributed by atoms with Gasteiger partial charge in [-0.15, -0.1) is 0 Å². The summed E-state index contributed by atoms with van der Waals surface area (Å²) >= 11 is 0. The van der Waals surface area contributed by atoms with E-state index < -0.39 is 0 Å². The molecule has 0 aromatic heterocycles. The third kappa shape index (κ3) is 6.10. The molecule has 4 heteroatoms. The molecule has 1 heterocycles. The van der Waals surface area contributed by atoms with Crippen molar-refractivity contribution >= 4 is 0 Å². The van der Waals surface area contributed by atoms with Crippen molar-refractivity contribution in [1.29, 1.82) is 0 Å². The normalized spacial score (nSPS) is 21.6. The van der Waals surface area contributed by atoms with Crippen molar-refractivity contribution in [3.8, 4) is 0 Å². The van der Waals surface area contributed by atoms with Crippen molar-refractivity contribution in [3.05, 3.63) is 0 Å². The van der Waals surface area contributed by atoms with Gasteiger partial charge >= 0.3 is 0 Å². The standard InChI is InChI=1S/C11H24N2O2/c1-10(2)15-9-11(14)8-13-6-3-4-12-5-7-13/h10-12,14H,3-9H2,1-2H3. The van der Waals surface area contributed by atoms with E-state index >= 15 is 0 Å². The van der Waals surface area contributed by atoms with Crippen LogP contribution in [0.2, 0.25) is 0 Å². The maximum Gasteiger partial charge on any atom is 0.0900 e. The van der Waals surface area contributed by atoms with Gasteiger partial charge in [0.1, 0.15) is 0 Å². The molecule has 1 saturated heterocycles. The first-order valence-corrected chi connectivity index (χ1v) is 5.91. The predicted molar refractivity (Wildman–Crippen MR) is 61.0 cm³/mol. The van der Waals surface area contributed by atoms with Crippen LogP contribution in [0.25, 0.3) is 0 Å². The second-order valence-electron chi connectivity index (χ2n) is 4.44. The van der Waals surface area contributed by atoms with E-state index in [2.05, 4.69) is 10.2 Å². The Labute approximate surface area is 92.6 Å². The lowest BCUT2D eigenvalue weighted by atomic mass is 10.3. The maximum atomic E-state index is 9.76. The van der Waals surface area contributed by atoms with Crippen LogP contribution in [-0.4, -0.2) is 61.5 Å². The Morgan fingerprint density at radius 2 is 2.13 bits per heavy atom. The van der Waals surface area contributed by atoms with Crippen molar-refractivity contribution in [2.45, 2.75) is 32.5 Å². The van der Waals surface area contributed by atoms with Gasteiger partial charge in [0.05, 0.1) is 18.8 Å². The molecule has 0 aliphatic carbocycles. The van der Waals surface area contributed by atoms with Crippen molar-refractivity contribution in [2.75, 3.05) is 39.3 Å². The molecule has 1 aliphatic heterocycles. The number of hydrogen-bond acceptors (Lipinski definition) is 4. The second-order valence-corrected chi connectivity index (χ2v) is 4.44. The number of rotatable bonds is 5. The molecule has 15 heavy (non-hydrogen) atoms. The van der Waals surface area contributed by atoms with E-state index in [0.717, 1.165) is 39.1 Å². The van der Waals surface area contributed by atoms with Crippen LogP contribution in [-0.2, 0) is 4.74 Å². The van der Waals surface area contributed by atoms with Gasteiger partial charge in [0.25, 0.3) is 0 Å². The average Bonchev–Trinajstić information content (AvgIpc) is 2.43. The summed E-state index contributed by atoms with van der Waals surface area (Å²) in [6, 6.07) is 0. The molecule has 0 spiro atoms. The monoisotopic (exact) mass is 216 g/mol. The zero-order valence-corrected chi connectivity index (χ0v) is 9.91. The number of hydrogen-bond donors (Lipinski definition) is 2. The minimum absolute atomic E-state index is 0.199. The number of ether oxygens (including phenoxy) is 1. The van der Waals surface area contributed by atoms with Crippen molar-refractivity contribution in [1.82, 2.24) is 10.2 Å². The SMILES string of the molecule is CC(C)OCC(O)CN1CCCNCC1. The first-order valence-electron chi connectivity index (χ1n) is 5.91. The topological polar surface area (TPSA) is 44.7 Å². The Morgan fingerprint density at radius 3 is 2.87 bits per heavy atom. The summed E-state index contributed by atoms with van der Waals surface area (Å²) in [4.78, 5) is 2.30. The van der Waals surface area contributed by atoms with E-state index in [0.29, 0.717) is 6.61 Å². The number of nitrogens with one attached hydrogen (secondary N) is 1. The zero-order chi connectivity index (χ0) is 11.1. The van der Waals surface area contributed by atoms with E-state index in [1.54, 1.807) is 0 Å². The van der Waals surface area contributed by atoms with E-state index in [1.165, 1.54) is 0 Å². The Hall–Kier alpha value is -0.160. The number of nitrogens with zero attached hydrogens (tertiary/aromatic N) is 1. The summed E-state index contributed by atoms with van der Waals surface area (Å²) in [6.45, 7) is 9.37. The molecule has 1 fully saturated rings. The van der Waals surface area contributed by atoms with Gasteiger partial charge in [-0.1, -0.05) is 0 Å².